The van der Waals surface area contributed by atoms with Gasteiger partial charge in [0.05, 0.1) is 12.5 Å². The number of nitrogens with zero attached hydrogens (tertiary/aromatic N) is 2. The van der Waals surface area contributed by atoms with Gasteiger partial charge in [-0.1, -0.05) is 81.3 Å². The number of carbonyl (C=O) groups is 1. The monoisotopic (exact) mass is 448 g/mol. The molecule has 31 heavy (non-hydrogen) atoms. The van der Waals surface area contributed by atoms with E-state index in [2.05, 4.69) is 52.0 Å². The number of nitrogens with one attached hydrogen (secondary N) is 2. The summed E-state index contributed by atoms with van der Waals surface area (Å²) in [5.41, 5.74) is 2.29. The van der Waals surface area contributed by atoms with E-state index in [-0.39, 0.29) is 30.8 Å². The Kier molecular flexibility index (Phi) is 11.6. The molecule has 1 aromatic carbocycles. The summed E-state index contributed by atoms with van der Waals surface area (Å²) in [7, 11) is 0. The standard InChI is InChI=1S/C24H36N4O2.ClH/c1-2-3-4-5-6-7-8-9-10-19-11-13-20(14-12-19)23-27-22(30-28-23)18-26-24(29)21-15-16-25-17-21;/h11-14,21,25H,2-10,15-18H2,1H3,(H,26,29);1H/t21-;/m1./s1. The number of unbranched alkanes of at least 4 members (excludes halogenated alkanes) is 7. The van der Waals surface area contributed by atoms with Gasteiger partial charge in [-0.15, -0.1) is 12.4 Å². The number of amides is 1. The molecule has 1 aliphatic rings. The van der Waals surface area contributed by atoms with Crippen LogP contribution in [0.5, 0.6) is 0 Å². The molecule has 2 heterocycles. The molecule has 3 rings (SSSR count). The molecule has 0 bridgehead atoms. The fourth-order valence-corrected chi connectivity index (χ4v) is 3.91. The van der Waals surface area contributed by atoms with Crippen molar-refractivity contribution < 1.29 is 9.32 Å². The van der Waals surface area contributed by atoms with Crippen molar-refractivity contribution in [3.8, 4) is 11.4 Å². The second-order valence-corrected chi connectivity index (χ2v) is 8.34. The van der Waals surface area contributed by atoms with E-state index in [1.807, 2.05) is 0 Å². The van der Waals surface area contributed by atoms with Crippen LogP contribution in [0.3, 0.4) is 0 Å². The molecule has 0 radical (unpaired) electrons. The minimum Gasteiger partial charge on any atom is -0.347 e. The van der Waals surface area contributed by atoms with Crippen LogP contribution in [-0.2, 0) is 17.8 Å². The molecule has 0 unspecified atom stereocenters. The van der Waals surface area contributed by atoms with Gasteiger partial charge in [-0.05, 0) is 31.4 Å². The van der Waals surface area contributed by atoms with Crippen molar-refractivity contribution in [2.75, 3.05) is 13.1 Å². The van der Waals surface area contributed by atoms with Gasteiger partial charge in [-0.2, -0.15) is 4.98 Å². The molecule has 1 atom stereocenters. The average Bonchev–Trinajstić information content (AvgIpc) is 3.47. The van der Waals surface area contributed by atoms with Gasteiger partial charge in [0.2, 0.25) is 17.6 Å². The van der Waals surface area contributed by atoms with Crippen molar-refractivity contribution in [2.24, 2.45) is 5.92 Å². The van der Waals surface area contributed by atoms with Crippen molar-refractivity contribution in [2.45, 2.75) is 77.7 Å². The molecule has 7 heteroatoms. The van der Waals surface area contributed by atoms with Crippen molar-refractivity contribution >= 4 is 18.3 Å². The molecule has 1 amide bonds. The van der Waals surface area contributed by atoms with E-state index in [0.717, 1.165) is 31.5 Å². The fourth-order valence-electron chi connectivity index (χ4n) is 3.91. The van der Waals surface area contributed by atoms with E-state index in [4.69, 9.17) is 4.52 Å². The lowest BCUT2D eigenvalue weighted by molar-refractivity contribution is -0.124. The Labute approximate surface area is 192 Å². The Morgan fingerprint density at radius 3 is 2.48 bits per heavy atom. The second kappa shape index (κ2) is 14.2. The van der Waals surface area contributed by atoms with Crippen LogP contribution in [0.1, 0.15) is 76.2 Å². The lowest BCUT2D eigenvalue weighted by atomic mass is 10.0. The third kappa shape index (κ3) is 8.62. The average molecular weight is 449 g/mol. The molecule has 6 nitrogen and oxygen atoms in total. The van der Waals surface area contributed by atoms with Crippen LogP contribution in [0.15, 0.2) is 28.8 Å². The van der Waals surface area contributed by atoms with Crippen LogP contribution in [0.2, 0.25) is 0 Å². The Morgan fingerprint density at radius 2 is 1.81 bits per heavy atom. The van der Waals surface area contributed by atoms with E-state index in [9.17, 15) is 4.79 Å². The highest BCUT2D eigenvalue weighted by Gasteiger charge is 2.22. The van der Waals surface area contributed by atoms with E-state index < -0.39 is 0 Å². The quantitative estimate of drug-likeness (QED) is 0.418. The van der Waals surface area contributed by atoms with Crippen LogP contribution in [0.4, 0.5) is 0 Å². The predicted molar refractivity (Wildman–Crippen MR) is 126 cm³/mol. The number of halogens is 1. The molecule has 1 aromatic heterocycles. The third-order valence-corrected chi connectivity index (χ3v) is 5.84. The molecule has 2 aromatic rings. The molecular formula is C24H37ClN4O2. The maximum atomic E-state index is 12.1. The Hall–Kier alpha value is -1.92. The molecule has 1 fully saturated rings. The van der Waals surface area contributed by atoms with Gasteiger partial charge in [0.15, 0.2) is 0 Å². The van der Waals surface area contributed by atoms with Gasteiger partial charge in [-0.25, -0.2) is 0 Å². The first-order valence-corrected chi connectivity index (χ1v) is 11.7. The summed E-state index contributed by atoms with van der Waals surface area (Å²) in [5.74, 6) is 1.10. The molecular weight excluding hydrogens is 412 g/mol. The van der Waals surface area contributed by atoms with E-state index in [1.54, 1.807) is 0 Å². The maximum Gasteiger partial charge on any atom is 0.246 e. The van der Waals surface area contributed by atoms with Gasteiger partial charge in [0.25, 0.3) is 0 Å². The molecule has 1 aliphatic heterocycles. The number of carbonyl (C=O) groups excluding carboxylic acids is 1. The Bertz CT molecular complexity index is 757. The van der Waals surface area contributed by atoms with E-state index >= 15 is 0 Å². The number of hydrogen-bond donors (Lipinski definition) is 2. The van der Waals surface area contributed by atoms with Crippen molar-refractivity contribution in [1.82, 2.24) is 20.8 Å². The normalized spacial score (nSPS) is 15.6. The number of aryl methyl sites for hydroxylation is 1. The summed E-state index contributed by atoms with van der Waals surface area (Å²) in [6.45, 7) is 4.18. The van der Waals surface area contributed by atoms with Crippen LogP contribution >= 0.6 is 12.4 Å². The Balaban J connectivity index is 0.00000341. The molecule has 1 saturated heterocycles. The van der Waals surface area contributed by atoms with E-state index in [1.165, 1.54) is 56.9 Å². The molecule has 0 saturated carbocycles. The third-order valence-electron chi connectivity index (χ3n) is 5.84. The molecule has 0 aliphatic carbocycles. The van der Waals surface area contributed by atoms with Crippen LogP contribution in [0, 0.1) is 5.92 Å². The highest BCUT2D eigenvalue weighted by atomic mass is 35.5. The zero-order valence-electron chi connectivity index (χ0n) is 18.7. The second-order valence-electron chi connectivity index (χ2n) is 8.34. The summed E-state index contributed by atoms with van der Waals surface area (Å²) in [5, 5.41) is 10.1. The van der Waals surface area contributed by atoms with Crippen molar-refractivity contribution in [3.63, 3.8) is 0 Å². The highest BCUT2D eigenvalue weighted by Crippen LogP contribution is 2.18. The van der Waals surface area contributed by atoms with Gasteiger partial charge in [0.1, 0.15) is 0 Å². The minimum atomic E-state index is 0. The minimum absolute atomic E-state index is 0. The smallest absolute Gasteiger partial charge is 0.246 e. The summed E-state index contributed by atoms with van der Waals surface area (Å²) in [4.78, 5) is 16.5. The summed E-state index contributed by atoms with van der Waals surface area (Å²) in [6, 6.07) is 8.41. The Morgan fingerprint density at radius 1 is 1.10 bits per heavy atom. The van der Waals surface area contributed by atoms with Crippen LogP contribution < -0.4 is 10.6 Å². The van der Waals surface area contributed by atoms with Gasteiger partial charge < -0.3 is 15.2 Å². The molecule has 0 spiro atoms. The summed E-state index contributed by atoms with van der Waals surface area (Å²) < 4.78 is 5.30. The van der Waals surface area contributed by atoms with Crippen LogP contribution in [-0.4, -0.2) is 29.1 Å². The summed E-state index contributed by atoms with van der Waals surface area (Å²) in [6.07, 6.45) is 12.7. The number of aromatic nitrogens is 2. The zero-order valence-corrected chi connectivity index (χ0v) is 19.5. The largest absolute Gasteiger partial charge is 0.347 e. The predicted octanol–water partition coefficient (Wildman–Crippen LogP) is 5.07. The number of hydrogen-bond acceptors (Lipinski definition) is 5. The van der Waals surface area contributed by atoms with Crippen molar-refractivity contribution in [3.05, 3.63) is 35.7 Å². The molecule has 2 N–H and O–H groups in total. The first-order chi connectivity index (χ1) is 14.8. The fraction of sp³-hybridized carbons (Fsp3) is 0.625. The summed E-state index contributed by atoms with van der Waals surface area (Å²) >= 11 is 0. The van der Waals surface area contributed by atoms with Crippen LogP contribution in [0.25, 0.3) is 11.4 Å². The van der Waals surface area contributed by atoms with Gasteiger partial charge >= 0.3 is 0 Å². The van der Waals surface area contributed by atoms with Gasteiger partial charge in [0, 0.05) is 12.1 Å². The SMILES string of the molecule is CCCCCCCCCCc1ccc(-c2noc(CNC(=O)[C@@H]3CCNC3)n2)cc1.Cl. The lowest BCUT2D eigenvalue weighted by Crippen LogP contribution is -2.31. The first-order valence-electron chi connectivity index (χ1n) is 11.7. The maximum absolute atomic E-state index is 12.1. The van der Waals surface area contributed by atoms with Gasteiger partial charge in [-0.3, -0.25) is 4.79 Å². The van der Waals surface area contributed by atoms with E-state index in [0.29, 0.717) is 11.7 Å². The lowest BCUT2D eigenvalue weighted by Gasteiger charge is -2.07. The first kappa shape index (κ1) is 25.3. The number of benzene rings is 1. The number of rotatable bonds is 13. The highest BCUT2D eigenvalue weighted by molar-refractivity contribution is 5.85. The van der Waals surface area contributed by atoms with Crippen molar-refractivity contribution in [1.29, 1.82) is 0 Å². The zero-order chi connectivity index (χ0) is 21.0. The topological polar surface area (TPSA) is 80.0 Å². The molecule has 172 valence electrons.